The number of anilines is 2. The molecule has 0 aliphatic carbocycles. The van der Waals surface area contributed by atoms with E-state index in [0.717, 1.165) is 0 Å². The van der Waals surface area contributed by atoms with E-state index in [-0.39, 0.29) is 18.1 Å². The van der Waals surface area contributed by atoms with Gasteiger partial charge in [-0.25, -0.2) is 8.42 Å². The number of nitrogens with one attached hydrogen (secondary N) is 2. The van der Waals surface area contributed by atoms with E-state index in [2.05, 4.69) is 10.0 Å². The number of hydrogen-bond donors (Lipinski definition) is 2. The van der Waals surface area contributed by atoms with E-state index in [4.69, 9.17) is 4.74 Å². The lowest BCUT2D eigenvalue weighted by Gasteiger charge is -2.12. The van der Waals surface area contributed by atoms with Crippen molar-refractivity contribution >= 4 is 27.3 Å². The first-order chi connectivity index (χ1) is 11.0. The molecular weight excluding hydrogens is 316 g/mol. The van der Waals surface area contributed by atoms with Gasteiger partial charge >= 0.3 is 0 Å². The zero-order valence-corrected chi connectivity index (χ0v) is 13.1. The molecule has 1 heterocycles. The molecule has 120 valence electrons. The summed E-state index contributed by atoms with van der Waals surface area (Å²) in [6, 6.07) is 13.7. The summed E-state index contributed by atoms with van der Waals surface area (Å²) in [4.78, 5) is 11.6. The van der Waals surface area contributed by atoms with Gasteiger partial charge in [-0.2, -0.15) is 0 Å². The first kappa shape index (κ1) is 15.4. The lowest BCUT2D eigenvalue weighted by atomic mass is 10.2. The molecule has 0 saturated heterocycles. The molecule has 3 rings (SSSR count). The normalized spacial score (nSPS) is 14.2. The molecule has 1 aliphatic rings. The van der Waals surface area contributed by atoms with Crippen molar-refractivity contribution < 1.29 is 17.9 Å². The maximum atomic E-state index is 12.2. The summed E-state index contributed by atoms with van der Waals surface area (Å²) in [5, 5.41) is 2.70. The van der Waals surface area contributed by atoms with Crippen LogP contribution in [0.1, 0.15) is 12.0 Å². The van der Waals surface area contributed by atoms with Crippen molar-refractivity contribution in [2.45, 2.75) is 12.2 Å². The number of amides is 1. The molecule has 0 fully saturated rings. The monoisotopic (exact) mass is 332 g/mol. The zero-order valence-electron chi connectivity index (χ0n) is 12.3. The maximum absolute atomic E-state index is 12.2. The molecule has 2 aromatic rings. The first-order valence-electron chi connectivity index (χ1n) is 7.13. The Labute approximate surface area is 134 Å². The van der Waals surface area contributed by atoms with Gasteiger partial charge in [-0.3, -0.25) is 9.52 Å². The third-order valence-electron chi connectivity index (χ3n) is 3.31. The number of carbonyl (C=O) groups is 1. The molecule has 0 saturated carbocycles. The molecule has 0 aromatic heterocycles. The molecule has 2 N–H and O–H groups in total. The fourth-order valence-electron chi connectivity index (χ4n) is 2.29. The predicted molar refractivity (Wildman–Crippen MR) is 87.9 cm³/mol. The van der Waals surface area contributed by atoms with Crippen LogP contribution in [0.3, 0.4) is 0 Å². The fourth-order valence-corrected chi connectivity index (χ4v) is 3.48. The van der Waals surface area contributed by atoms with E-state index in [1.807, 2.05) is 6.07 Å². The van der Waals surface area contributed by atoms with Gasteiger partial charge in [0.2, 0.25) is 15.9 Å². The summed E-state index contributed by atoms with van der Waals surface area (Å²) < 4.78 is 32.4. The quantitative estimate of drug-likeness (QED) is 0.900. The van der Waals surface area contributed by atoms with Crippen LogP contribution < -0.4 is 14.8 Å². The van der Waals surface area contributed by atoms with Crippen LogP contribution in [-0.2, 0) is 20.6 Å². The largest absolute Gasteiger partial charge is 0.491 e. The Balaban J connectivity index is 1.79. The molecule has 6 nitrogen and oxygen atoms in total. The highest BCUT2D eigenvalue weighted by Gasteiger charge is 2.16. The Kier molecular flexibility index (Phi) is 4.20. The second-order valence-electron chi connectivity index (χ2n) is 5.20. The molecule has 7 heteroatoms. The van der Waals surface area contributed by atoms with E-state index in [0.29, 0.717) is 29.3 Å². The lowest BCUT2D eigenvalue weighted by Crippen LogP contribution is -2.15. The van der Waals surface area contributed by atoms with Gasteiger partial charge in [0.1, 0.15) is 5.75 Å². The number of fused-ring (bicyclic) bond motifs is 1. The zero-order chi connectivity index (χ0) is 16.3. The summed E-state index contributed by atoms with van der Waals surface area (Å²) in [6.07, 6.45) is 0.268. The fraction of sp³-hybridized carbons (Fsp3) is 0.188. The molecule has 0 bridgehead atoms. The van der Waals surface area contributed by atoms with Crippen molar-refractivity contribution in [3.8, 4) is 5.75 Å². The molecule has 0 atom stereocenters. The van der Waals surface area contributed by atoms with Crippen molar-refractivity contribution in [1.29, 1.82) is 0 Å². The van der Waals surface area contributed by atoms with Gasteiger partial charge in [0.15, 0.2) is 0 Å². The second-order valence-corrected chi connectivity index (χ2v) is 6.93. The van der Waals surface area contributed by atoms with Crippen LogP contribution in [0.15, 0.2) is 48.5 Å². The molecule has 1 aliphatic heterocycles. The Morgan fingerprint density at radius 3 is 2.70 bits per heavy atom. The van der Waals surface area contributed by atoms with E-state index in [9.17, 15) is 13.2 Å². The third kappa shape index (κ3) is 4.01. The summed E-state index contributed by atoms with van der Waals surface area (Å²) in [7, 11) is -3.54. The van der Waals surface area contributed by atoms with Crippen molar-refractivity contribution in [2.24, 2.45) is 0 Å². The minimum atomic E-state index is -3.54. The van der Waals surface area contributed by atoms with Crippen LogP contribution in [0.2, 0.25) is 0 Å². The van der Waals surface area contributed by atoms with Crippen molar-refractivity contribution in [2.75, 3.05) is 16.6 Å². The molecular formula is C16H16N2O4S. The van der Waals surface area contributed by atoms with Gasteiger partial charge in [-0.1, -0.05) is 30.3 Å². The minimum Gasteiger partial charge on any atom is -0.491 e. The number of benzene rings is 2. The summed E-state index contributed by atoms with van der Waals surface area (Å²) >= 11 is 0. The van der Waals surface area contributed by atoms with Gasteiger partial charge in [-0.15, -0.1) is 0 Å². The number of ether oxygens (including phenoxy) is 1. The van der Waals surface area contributed by atoms with Gasteiger partial charge in [0, 0.05) is 0 Å². The van der Waals surface area contributed by atoms with Crippen molar-refractivity contribution in [3.63, 3.8) is 0 Å². The van der Waals surface area contributed by atoms with E-state index in [1.54, 1.807) is 42.5 Å². The summed E-state index contributed by atoms with van der Waals surface area (Å²) in [6.45, 7) is 0.303. The number of rotatable bonds is 4. The third-order valence-corrected chi connectivity index (χ3v) is 4.57. The minimum absolute atomic E-state index is 0.117. The van der Waals surface area contributed by atoms with Crippen molar-refractivity contribution in [3.05, 3.63) is 54.1 Å². The Morgan fingerprint density at radius 1 is 1.13 bits per heavy atom. The van der Waals surface area contributed by atoms with Gasteiger partial charge < -0.3 is 10.1 Å². The molecule has 0 unspecified atom stereocenters. The van der Waals surface area contributed by atoms with E-state index >= 15 is 0 Å². The average Bonchev–Trinajstić information content (AvgIpc) is 2.67. The average molecular weight is 332 g/mol. The highest BCUT2D eigenvalue weighted by molar-refractivity contribution is 7.91. The van der Waals surface area contributed by atoms with E-state index in [1.165, 1.54) is 0 Å². The molecule has 2 aromatic carbocycles. The topological polar surface area (TPSA) is 84.5 Å². The Bertz CT molecular complexity index is 819. The van der Waals surface area contributed by atoms with Crippen LogP contribution in [0.5, 0.6) is 5.75 Å². The summed E-state index contributed by atoms with van der Waals surface area (Å²) in [5.41, 5.74) is 1.55. The molecule has 23 heavy (non-hydrogen) atoms. The smallest absolute Gasteiger partial charge is 0.236 e. The van der Waals surface area contributed by atoms with Gasteiger partial charge in [0.25, 0.3) is 0 Å². The van der Waals surface area contributed by atoms with E-state index < -0.39 is 10.0 Å². The predicted octanol–water partition coefficient (Wildman–Crippen LogP) is 2.35. The first-order valence-corrected chi connectivity index (χ1v) is 8.78. The molecule has 0 radical (unpaired) electrons. The van der Waals surface area contributed by atoms with Crippen molar-refractivity contribution in [1.82, 2.24) is 0 Å². The number of hydrogen-bond acceptors (Lipinski definition) is 4. The maximum Gasteiger partial charge on any atom is 0.236 e. The van der Waals surface area contributed by atoms with Crippen LogP contribution in [0.25, 0.3) is 0 Å². The summed E-state index contributed by atoms with van der Waals surface area (Å²) in [5.74, 6) is 0.253. The molecule has 1 amide bonds. The number of sulfonamides is 1. The SMILES string of the molecule is O=C1CCOc2ccc(NS(=O)(=O)Cc3ccccc3)cc2N1. The second kappa shape index (κ2) is 6.29. The standard InChI is InChI=1S/C16H16N2O4S/c19-16-8-9-22-15-7-6-13(10-14(15)17-16)18-23(20,21)11-12-4-2-1-3-5-12/h1-7,10,18H,8-9,11H2,(H,17,19). The number of carbonyl (C=O) groups excluding carboxylic acids is 1. The highest BCUT2D eigenvalue weighted by atomic mass is 32.2. The van der Waals surface area contributed by atoms with Gasteiger partial charge in [-0.05, 0) is 23.8 Å². The van der Waals surface area contributed by atoms with Crippen LogP contribution in [0.4, 0.5) is 11.4 Å². The molecule has 0 spiro atoms. The van der Waals surface area contributed by atoms with Crippen LogP contribution >= 0.6 is 0 Å². The Morgan fingerprint density at radius 2 is 1.91 bits per heavy atom. The Hall–Kier alpha value is -2.54. The van der Waals surface area contributed by atoms with Gasteiger partial charge in [0.05, 0.1) is 30.2 Å². The van der Waals surface area contributed by atoms with Crippen LogP contribution in [0, 0.1) is 0 Å². The lowest BCUT2D eigenvalue weighted by molar-refractivity contribution is -0.116. The highest BCUT2D eigenvalue weighted by Crippen LogP contribution is 2.30. The van der Waals surface area contributed by atoms with Crippen LogP contribution in [-0.4, -0.2) is 20.9 Å².